The van der Waals surface area contributed by atoms with Gasteiger partial charge in [0.25, 0.3) is 0 Å². The molecule has 0 bridgehead atoms. The minimum atomic E-state index is -2.43. The number of Topliss-reactive ketones (excluding diaryl/α,β-unsaturated/α-hetero) is 1. The fourth-order valence-electron chi connectivity index (χ4n) is 3.69. The fraction of sp³-hybridized carbons (Fsp3) is 0.0455. The molecule has 0 amide bonds. The van der Waals surface area contributed by atoms with Gasteiger partial charge in [-0.25, -0.2) is 0 Å². The molecule has 0 atom stereocenters. The van der Waals surface area contributed by atoms with Crippen LogP contribution in [0.15, 0.2) is 60.7 Å². The molecule has 0 saturated heterocycles. The lowest BCUT2D eigenvalue weighted by atomic mass is 9.94. The third-order valence-electron chi connectivity index (χ3n) is 4.95. The van der Waals surface area contributed by atoms with Gasteiger partial charge in [0, 0.05) is 0 Å². The molecule has 25 heavy (non-hydrogen) atoms. The zero-order valence-corrected chi connectivity index (χ0v) is 13.2. The average Bonchev–Trinajstić information content (AvgIpc) is 2.60. The van der Waals surface area contributed by atoms with Crippen molar-refractivity contribution in [3.05, 3.63) is 71.1 Å². The summed E-state index contributed by atoms with van der Waals surface area (Å²) < 4.78 is 0. The Bertz CT molecular complexity index is 1330. The molecule has 2 N–H and O–H groups in total. The van der Waals surface area contributed by atoms with Gasteiger partial charge in [-0.3, -0.25) is 4.79 Å². The molecule has 120 valence electrons. The SMILES string of the molecule is O=C1C=c2cc3ccc4c5ccccc5ccc4c3cc2=CC1(O)O. The molecule has 0 radical (unpaired) electrons. The van der Waals surface area contributed by atoms with E-state index in [4.69, 9.17) is 0 Å². The summed E-state index contributed by atoms with van der Waals surface area (Å²) in [6, 6.07) is 20.4. The molecule has 0 unspecified atom stereocenters. The Balaban J connectivity index is 1.96. The van der Waals surface area contributed by atoms with Crippen LogP contribution in [0.25, 0.3) is 44.5 Å². The number of benzene rings is 4. The monoisotopic (exact) mass is 326 g/mol. The van der Waals surface area contributed by atoms with Crippen LogP contribution < -0.4 is 10.4 Å². The molecule has 1 aliphatic carbocycles. The van der Waals surface area contributed by atoms with E-state index in [0.717, 1.165) is 21.5 Å². The van der Waals surface area contributed by atoms with Crippen molar-refractivity contribution in [3.8, 4) is 0 Å². The molecule has 0 heterocycles. The Morgan fingerprint density at radius 2 is 1.40 bits per heavy atom. The summed E-state index contributed by atoms with van der Waals surface area (Å²) in [7, 11) is 0. The van der Waals surface area contributed by atoms with Crippen LogP contribution in [0.3, 0.4) is 0 Å². The number of hydrogen-bond acceptors (Lipinski definition) is 3. The summed E-state index contributed by atoms with van der Waals surface area (Å²) in [6.45, 7) is 0. The Labute approximate surface area is 142 Å². The molecule has 0 aromatic heterocycles. The van der Waals surface area contributed by atoms with E-state index in [-0.39, 0.29) is 0 Å². The smallest absolute Gasteiger partial charge is 0.249 e. The van der Waals surface area contributed by atoms with E-state index in [2.05, 4.69) is 30.3 Å². The largest absolute Gasteiger partial charge is 0.356 e. The van der Waals surface area contributed by atoms with Crippen molar-refractivity contribution in [2.24, 2.45) is 0 Å². The zero-order valence-electron chi connectivity index (χ0n) is 13.2. The molecular formula is C22H14O3. The van der Waals surface area contributed by atoms with Crippen molar-refractivity contribution in [1.82, 2.24) is 0 Å². The maximum Gasteiger partial charge on any atom is 0.249 e. The maximum atomic E-state index is 11.8. The van der Waals surface area contributed by atoms with Crippen molar-refractivity contribution in [1.29, 1.82) is 0 Å². The first-order valence-electron chi connectivity index (χ1n) is 8.11. The highest BCUT2D eigenvalue weighted by atomic mass is 16.5. The average molecular weight is 326 g/mol. The molecular weight excluding hydrogens is 312 g/mol. The van der Waals surface area contributed by atoms with Crippen molar-refractivity contribution < 1.29 is 15.0 Å². The van der Waals surface area contributed by atoms with Gasteiger partial charge in [0.05, 0.1) is 0 Å². The second-order valence-corrected chi connectivity index (χ2v) is 6.53. The summed E-state index contributed by atoms with van der Waals surface area (Å²) in [4.78, 5) is 11.8. The molecule has 3 heteroatoms. The number of carbonyl (C=O) groups excluding carboxylic acids is 1. The second-order valence-electron chi connectivity index (χ2n) is 6.53. The van der Waals surface area contributed by atoms with E-state index in [1.807, 2.05) is 30.3 Å². The van der Waals surface area contributed by atoms with Gasteiger partial charge in [0.2, 0.25) is 11.6 Å². The minimum absolute atomic E-state index is 0.651. The third kappa shape index (κ3) is 2.03. The molecule has 0 saturated carbocycles. The van der Waals surface area contributed by atoms with Crippen LogP contribution in [-0.2, 0) is 4.79 Å². The van der Waals surface area contributed by atoms with Gasteiger partial charge in [-0.1, -0.05) is 48.5 Å². The lowest BCUT2D eigenvalue weighted by Crippen LogP contribution is -2.44. The lowest BCUT2D eigenvalue weighted by molar-refractivity contribution is -0.153. The van der Waals surface area contributed by atoms with Crippen molar-refractivity contribution in [3.63, 3.8) is 0 Å². The topological polar surface area (TPSA) is 57.5 Å². The first kappa shape index (κ1) is 14.3. The summed E-state index contributed by atoms with van der Waals surface area (Å²) in [5, 5.41) is 27.7. The number of fused-ring (bicyclic) bond motifs is 6. The molecule has 0 aliphatic heterocycles. The molecule has 0 spiro atoms. The Morgan fingerprint density at radius 3 is 2.24 bits per heavy atom. The molecule has 3 nitrogen and oxygen atoms in total. The van der Waals surface area contributed by atoms with Gasteiger partial charge in [0.1, 0.15) is 0 Å². The highest BCUT2D eigenvalue weighted by Gasteiger charge is 2.30. The van der Waals surface area contributed by atoms with Crippen LogP contribution in [0.5, 0.6) is 0 Å². The number of aliphatic hydroxyl groups is 2. The molecule has 4 aromatic carbocycles. The summed E-state index contributed by atoms with van der Waals surface area (Å²) in [5.74, 6) is -3.15. The van der Waals surface area contributed by atoms with Gasteiger partial charge in [-0.05, 0) is 67.0 Å². The van der Waals surface area contributed by atoms with Crippen molar-refractivity contribution >= 4 is 50.3 Å². The highest BCUT2D eigenvalue weighted by Crippen LogP contribution is 2.30. The van der Waals surface area contributed by atoms with Gasteiger partial charge in [-0.2, -0.15) is 0 Å². The first-order chi connectivity index (χ1) is 12.0. The standard InChI is InChI=1S/C22H14O3/c23-21-11-15-9-14-6-8-18-17-4-2-1-3-13(17)5-7-19(18)20(14)10-16(15)12-22(21,24)25/h1-12,24-25H. The lowest BCUT2D eigenvalue weighted by Gasteiger charge is -2.17. The number of rotatable bonds is 0. The Morgan fingerprint density at radius 1 is 0.680 bits per heavy atom. The molecule has 0 fully saturated rings. The number of carbonyl (C=O) groups is 1. The summed E-state index contributed by atoms with van der Waals surface area (Å²) in [5.41, 5.74) is 0. The van der Waals surface area contributed by atoms with Gasteiger partial charge in [0.15, 0.2) is 0 Å². The highest BCUT2D eigenvalue weighted by molar-refractivity contribution is 6.18. The quantitative estimate of drug-likeness (QED) is 0.384. The first-order valence-corrected chi connectivity index (χ1v) is 8.11. The molecule has 4 aromatic rings. The summed E-state index contributed by atoms with van der Waals surface area (Å²) >= 11 is 0. The van der Waals surface area contributed by atoms with Gasteiger partial charge in [-0.15, -0.1) is 0 Å². The van der Waals surface area contributed by atoms with E-state index in [0.29, 0.717) is 10.4 Å². The number of hydrogen-bond donors (Lipinski definition) is 2. The van der Waals surface area contributed by atoms with Crippen molar-refractivity contribution in [2.75, 3.05) is 0 Å². The van der Waals surface area contributed by atoms with E-state index in [1.165, 1.54) is 22.9 Å². The molecule has 1 aliphatic rings. The van der Waals surface area contributed by atoms with E-state index < -0.39 is 11.6 Å². The van der Waals surface area contributed by atoms with E-state index >= 15 is 0 Å². The Hall–Kier alpha value is -3.01. The van der Waals surface area contributed by atoms with Crippen molar-refractivity contribution in [2.45, 2.75) is 5.79 Å². The van der Waals surface area contributed by atoms with Gasteiger partial charge >= 0.3 is 0 Å². The van der Waals surface area contributed by atoms with E-state index in [1.54, 1.807) is 0 Å². The molecule has 5 rings (SSSR count). The maximum absolute atomic E-state index is 11.8. The number of ketones is 1. The minimum Gasteiger partial charge on any atom is -0.356 e. The predicted octanol–water partition coefficient (Wildman–Crippen LogP) is 1.97. The predicted molar refractivity (Wildman–Crippen MR) is 99.3 cm³/mol. The Kier molecular flexibility index (Phi) is 2.73. The second kappa shape index (κ2) is 4.76. The van der Waals surface area contributed by atoms with Crippen LogP contribution >= 0.6 is 0 Å². The van der Waals surface area contributed by atoms with Crippen LogP contribution in [0.2, 0.25) is 0 Å². The third-order valence-corrected chi connectivity index (χ3v) is 4.95. The normalized spacial score (nSPS) is 15.8. The van der Waals surface area contributed by atoms with Crippen LogP contribution in [0.1, 0.15) is 0 Å². The zero-order chi connectivity index (χ0) is 17.2. The van der Waals surface area contributed by atoms with E-state index in [9.17, 15) is 15.0 Å². The summed E-state index contributed by atoms with van der Waals surface area (Å²) in [6.07, 6.45) is 2.50. The fourth-order valence-corrected chi connectivity index (χ4v) is 3.69. The van der Waals surface area contributed by atoms with Crippen LogP contribution in [0, 0.1) is 0 Å². The van der Waals surface area contributed by atoms with Crippen LogP contribution in [-0.4, -0.2) is 21.8 Å². The van der Waals surface area contributed by atoms with Gasteiger partial charge < -0.3 is 10.2 Å². The van der Waals surface area contributed by atoms with Crippen LogP contribution in [0.4, 0.5) is 0 Å².